The van der Waals surface area contributed by atoms with Crippen molar-refractivity contribution in [2.24, 2.45) is 0 Å². The SMILES string of the molecule is CCn1ccnc1CNCc1ccoc1. The molecule has 2 aromatic rings. The maximum atomic E-state index is 4.99. The number of nitrogens with one attached hydrogen (secondary N) is 1. The summed E-state index contributed by atoms with van der Waals surface area (Å²) in [4.78, 5) is 4.28. The number of aryl methyl sites for hydroxylation is 1. The lowest BCUT2D eigenvalue weighted by atomic mass is 10.3. The summed E-state index contributed by atoms with van der Waals surface area (Å²) in [5.41, 5.74) is 1.16. The highest BCUT2D eigenvalue weighted by Gasteiger charge is 2.00. The van der Waals surface area contributed by atoms with E-state index in [2.05, 4.69) is 21.8 Å². The van der Waals surface area contributed by atoms with E-state index in [4.69, 9.17) is 4.42 Å². The molecule has 1 N–H and O–H groups in total. The van der Waals surface area contributed by atoms with Crippen molar-refractivity contribution in [2.45, 2.75) is 26.6 Å². The highest BCUT2D eigenvalue weighted by molar-refractivity contribution is 5.04. The van der Waals surface area contributed by atoms with E-state index in [0.717, 1.165) is 31.0 Å². The van der Waals surface area contributed by atoms with Crippen molar-refractivity contribution < 1.29 is 4.42 Å². The first-order valence-corrected chi connectivity index (χ1v) is 5.12. The molecule has 4 heteroatoms. The average molecular weight is 205 g/mol. The summed E-state index contributed by atoms with van der Waals surface area (Å²) in [5, 5.41) is 3.32. The zero-order chi connectivity index (χ0) is 10.5. The standard InChI is InChI=1S/C11H15N3O/c1-2-14-5-4-13-11(14)8-12-7-10-3-6-15-9-10/h3-6,9,12H,2,7-8H2,1H3. The molecule has 0 aliphatic heterocycles. The predicted molar refractivity (Wildman–Crippen MR) is 57.2 cm³/mol. The molecule has 0 spiro atoms. The second-order valence-corrected chi connectivity index (χ2v) is 3.36. The molecule has 0 unspecified atom stereocenters. The molecule has 2 heterocycles. The summed E-state index contributed by atoms with van der Waals surface area (Å²) >= 11 is 0. The van der Waals surface area contributed by atoms with Crippen molar-refractivity contribution in [3.05, 3.63) is 42.4 Å². The number of furan rings is 1. The Hall–Kier alpha value is -1.55. The van der Waals surface area contributed by atoms with Crippen LogP contribution in [0.15, 0.2) is 35.4 Å². The Kier molecular flexibility index (Phi) is 3.19. The molecule has 4 nitrogen and oxygen atoms in total. The van der Waals surface area contributed by atoms with Crippen LogP contribution in [0.2, 0.25) is 0 Å². The zero-order valence-electron chi connectivity index (χ0n) is 8.81. The Morgan fingerprint density at radius 3 is 3.13 bits per heavy atom. The van der Waals surface area contributed by atoms with Crippen LogP contribution < -0.4 is 5.32 Å². The predicted octanol–water partition coefficient (Wildman–Crippen LogP) is 1.79. The molecule has 2 rings (SSSR count). The molecule has 0 aromatic carbocycles. The van der Waals surface area contributed by atoms with Gasteiger partial charge in [0.15, 0.2) is 0 Å². The molecule has 0 saturated carbocycles. The molecule has 0 aliphatic carbocycles. The van der Waals surface area contributed by atoms with Crippen molar-refractivity contribution in [1.29, 1.82) is 0 Å². The highest BCUT2D eigenvalue weighted by Crippen LogP contribution is 2.00. The van der Waals surface area contributed by atoms with Crippen molar-refractivity contribution in [1.82, 2.24) is 14.9 Å². The maximum Gasteiger partial charge on any atom is 0.122 e. The van der Waals surface area contributed by atoms with Gasteiger partial charge in [-0.1, -0.05) is 0 Å². The first-order chi connectivity index (χ1) is 7.40. The van der Waals surface area contributed by atoms with Crippen molar-refractivity contribution in [2.75, 3.05) is 0 Å². The molecule has 2 aromatic heterocycles. The third kappa shape index (κ3) is 2.47. The number of rotatable bonds is 5. The van der Waals surface area contributed by atoms with E-state index in [1.54, 1.807) is 12.5 Å². The smallest absolute Gasteiger partial charge is 0.122 e. The summed E-state index contributed by atoms with van der Waals surface area (Å²) < 4.78 is 7.11. The van der Waals surface area contributed by atoms with Crippen LogP contribution in [0.1, 0.15) is 18.3 Å². The number of hydrogen-bond acceptors (Lipinski definition) is 3. The van der Waals surface area contributed by atoms with Crippen molar-refractivity contribution in [3.8, 4) is 0 Å². The molecular formula is C11H15N3O. The Bertz CT molecular complexity index is 392. The van der Waals surface area contributed by atoms with Gasteiger partial charge in [-0.05, 0) is 13.0 Å². The maximum absolute atomic E-state index is 4.99. The Balaban J connectivity index is 1.83. The third-order valence-electron chi connectivity index (χ3n) is 2.33. The fourth-order valence-corrected chi connectivity index (χ4v) is 1.51. The fraction of sp³-hybridized carbons (Fsp3) is 0.364. The van der Waals surface area contributed by atoms with Gasteiger partial charge < -0.3 is 14.3 Å². The van der Waals surface area contributed by atoms with Crippen molar-refractivity contribution >= 4 is 0 Å². The van der Waals surface area contributed by atoms with E-state index >= 15 is 0 Å². The fourth-order valence-electron chi connectivity index (χ4n) is 1.51. The number of imidazole rings is 1. The van der Waals surface area contributed by atoms with Crippen LogP contribution >= 0.6 is 0 Å². The lowest BCUT2D eigenvalue weighted by Crippen LogP contribution is -2.16. The first kappa shape index (κ1) is 9.98. The van der Waals surface area contributed by atoms with Gasteiger partial charge >= 0.3 is 0 Å². The van der Waals surface area contributed by atoms with Crippen LogP contribution in [0, 0.1) is 0 Å². The highest BCUT2D eigenvalue weighted by atomic mass is 16.3. The minimum atomic E-state index is 0.784. The Labute approximate surface area is 88.9 Å². The zero-order valence-corrected chi connectivity index (χ0v) is 8.81. The van der Waals surface area contributed by atoms with Crippen LogP contribution in [-0.4, -0.2) is 9.55 Å². The van der Waals surface area contributed by atoms with E-state index < -0.39 is 0 Å². The topological polar surface area (TPSA) is 43.0 Å². The van der Waals surface area contributed by atoms with Gasteiger partial charge in [-0.3, -0.25) is 0 Å². The van der Waals surface area contributed by atoms with Crippen LogP contribution in [0.5, 0.6) is 0 Å². The largest absolute Gasteiger partial charge is 0.472 e. The summed E-state index contributed by atoms with van der Waals surface area (Å²) in [7, 11) is 0. The molecule has 0 aliphatic rings. The molecule has 0 fully saturated rings. The van der Waals surface area contributed by atoms with Gasteiger partial charge in [-0.25, -0.2) is 4.98 Å². The van der Waals surface area contributed by atoms with Crippen LogP contribution in [0.3, 0.4) is 0 Å². The van der Waals surface area contributed by atoms with Gasteiger partial charge in [0.2, 0.25) is 0 Å². The van der Waals surface area contributed by atoms with Gasteiger partial charge in [0.25, 0.3) is 0 Å². The Morgan fingerprint density at radius 1 is 1.47 bits per heavy atom. The molecular weight excluding hydrogens is 190 g/mol. The average Bonchev–Trinajstić information content (AvgIpc) is 2.88. The third-order valence-corrected chi connectivity index (χ3v) is 2.33. The summed E-state index contributed by atoms with van der Waals surface area (Å²) in [6.07, 6.45) is 7.26. The normalized spacial score (nSPS) is 10.7. The monoisotopic (exact) mass is 205 g/mol. The number of aromatic nitrogens is 2. The number of nitrogens with zero attached hydrogens (tertiary/aromatic N) is 2. The van der Waals surface area contributed by atoms with E-state index in [1.165, 1.54) is 0 Å². The van der Waals surface area contributed by atoms with Gasteiger partial charge in [-0.2, -0.15) is 0 Å². The van der Waals surface area contributed by atoms with Crippen LogP contribution in [0.4, 0.5) is 0 Å². The lowest BCUT2D eigenvalue weighted by Gasteiger charge is -2.05. The molecule has 0 saturated heterocycles. The van der Waals surface area contributed by atoms with E-state index in [9.17, 15) is 0 Å². The molecule has 0 amide bonds. The lowest BCUT2D eigenvalue weighted by molar-refractivity contribution is 0.557. The van der Waals surface area contributed by atoms with E-state index in [-0.39, 0.29) is 0 Å². The first-order valence-electron chi connectivity index (χ1n) is 5.12. The molecule has 80 valence electrons. The minimum absolute atomic E-state index is 0.784. The van der Waals surface area contributed by atoms with E-state index in [1.807, 2.05) is 18.5 Å². The van der Waals surface area contributed by atoms with Gasteiger partial charge in [0.05, 0.1) is 19.1 Å². The summed E-state index contributed by atoms with van der Waals surface area (Å²) in [6, 6.07) is 1.96. The summed E-state index contributed by atoms with van der Waals surface area (Å²) in [5.74, 6) is 1.07. The van der Waals surface area contributed by atoms with E-state index in [0.29, 0.717) is 0 Å². The molecule has 0 bridgehead atoms. The second-order valence-electron chi connectivity index (χ2n) is 3.36. The molecule has 15 heavy (non-hydrogen) atoms. The summed E-state index contributed by atoms with van der Waals surface area (Å²) in [6.45, 7) is 4.67. The quantitative estimate of drug-likeness (QED) is 0.809. The molecule has 0 atom stereocenters. The van der Waals surface area contributed by atoms with Gasteiger partial charge in [0, 0.05) is 31.0 Å². The van der Waals surface area contributed by atoms with Gasteiger partial charge in [0.1, 0.15) is 5.82 Å². The molecule has 0 radical (unpaired) electrons. The van der Waals surface area contributed by atoms with Crippen molar-refractivity contribution in [3.63, 3.8) is 0 Å². The Morgan fingerprint density at radius 2 is 2.40 bits per heavy atom. The minimum Gasteiger partial charge on any atom is -0.472 e. The second kappa shape index (κ2) is 4.79. The van der Waals surface area contributed by atoms with Crippen LogP contribution in [-0.2, 0) is 19.6 Å². The van der Waals surface area contributed by atoms with Gasteiger partial charge in [-0.15, -0.1) is 0 Å². The van der Waals surface area contributed by atoms with Crippen LogP contribution in [0.25, 0.3) is 0 Å². The number of hydrogen-bond donors (Lipinski definition) is 1.